The largest absolute Gasteiger partial charge is 0.341 e. The van der Waals surface area contributed by atoms with Crippen LogP contribution in [-0.2, 0) is 21.2 Å². The normalized spacial score (nSPS) is 16.4. The number of carbonyl (C=O) groups excluding carboxylic acids is 1. The number of sulfone groups is 1. The van der Waals surface area contributed by atoms with Gasteiger partial charge in [0.05, 0.1) is 17.2 Å². The molecule has 0 unspecified atom stereocenters. The van der Waals surface area contributed by atoms with Crippen molar-refractivity contribution in [3.8, 4) is 11.3 Å². The van der Waals surface area contributed by atoms with E-state index in [1.54, 1.807) is 17.3 Å². The number of nitrogens with zero attached hydrogens (tertiary/aromatic N) is 4. The molecule has 0 bridgehead atoms. The molecule has 0 aromatic carbocycles. The number of fused-ring (bicyclic) bond motifs is 1. The predicted octanol–water partition coefficient (Wildman–Crippen LogP) is 2.05. The lowest BCUT2D eigenvalue weighted by atomic mass is 10.1. The third-order valence-electron chi connectivity index (χ3n) is 5.18. The number of amides is 1. The number of rotatable bonds is 4. The van der Waals surface area contributed by atoms with E-state index < -0.39 is 9.84 Å². The highest BCUT2D eigenvalue weighted by molar-refractivity contribution is 7.91. The highest BCUT2D eigenvalue weighted by Crippen LogP contribution is 2.29. The lowest BCUT2D eigenvalue weighted by Gasteiger charge is -2.27. The summed E-state index contributed by atoms with van der Waals surface area (Å²) in [7, 11) is -3.00. The minimum atomic E-state index is -3.00. The summed E-state index contributed by atoms with van der Waals surface area (Å²) in [6, 6.07) is 9.89. The van der Waals surface area contributed by atoms with Crippen molar-refractivity contribution in [3.05, 3.63) is 48.4 Å². The van der Waals surface area contributed by atoms with Gasteiger partial charge in [-0.1, -0.05) is 0 Å². The van der Waals surface area contributed by atoms with Gasteiger partial charge in [-0.05, 0) is 37.3 Å². The zero-order valence-electron chi connectivity index (χ0n) is 15.7. The van der Waals surface area contributed by atoms with Crippen LogP contribution in [0.5, 0.6) is 0 Å². The lowest BCUT2D eigenvalue weighted by molar-refractivity contribution is -0.131. The van der Waals surface area contributed by atoms with Gasteiger partial charge in [0.2, 0.25) is 5.91 Å². The second kappa shape index (κ2) is 7.35. The summed E-state index contributed by atoms with van der Waals surface area (Å²) in [5.41, 5.74) is 3.74. The third kappa shape index (κ3) is 3.64. The fourth-order valence-corrected chi connectivity index (χ4v) is 4.82. The molecule has 4 rings (SSSR count). The molecule has 7 nitrogen and oxygen atoms in total. The molecule has 3 aromatic heterocycles. The standard InChI is InChI=1S/C20H22N4O3S/c1-15-17(5-3-7-21-15)18-14-16-4-2-8-22-20(16)24(18)9-6-19(25)23-10-12-28(26,27)13-11-23/h2-5,7-8,14H,6,9-13H2,1H3. The van der Waals surface area contributed by atoms with Crippen molar-refractivity contribution >= 4 is 26.8 Å². The van der Waals surface area contributed by atoms with Crippen LogP contribution in [0.3, 0.4) is 0 Å². The third-order valence-corrected chi connectivity index (χ3v) is 6.79. The lowest BCUT2D eigenvalue weighted by Crippen LogP contribution is -2.43. The summed E-state index contributed by atoms with van der Waals surface area (Å²) in [4.78, 5) is 23.2. The van der Waals surface area contributed by atoms with E-state index in [0.717, 1.165) is 28.0 Å². The monoisotopic (exact) mass is 398 g/mol. The van der Waals surface area contributed by atoms with Crippen LogP contribution in [0.2, 0.25) is 0 Å². The first kappa shape index (κ1) is 18.6. The number of aromatic nitrogens is 3. The molecular formula is C20H22N4O3S. The first-order valence-electron chi connectivity index (χ1n) is 9.29. The number of carbonyl (C=O) groups is 1. The van der Waals surface area contributed by atoms with E-state index in [-0.39, 0.29) is 30.5 Å². The minimum Gasteiger partial charge on any atom is -0.341 e. The summed E-state index contributed by atoms with van der Waals surface area (Å²) >= 11 is 0. The zero-order chi connectivity index (χ0) is 19.7. The van der Waals surface area contributed by atoms with Crippen LogP contribution in [0, 0.1) is 6.92 Å². The summed E-state index contributed by atoms with van der Waals surface area (Å²) in [6.07, 6.45) is 3.81. The Morgan fingerprint density at radius 3 is 2.57 bits per heavy atom. The van der Waals surface area contributed by atoms with Crippen LogP contribution in [-0.4, -0.2) is 58.4 Å². The van der Waals surface area contributed by atoms with Gasteiger partial charge in [0.15, 0.2) is 9.84 Å². The molecule has 0 aliphatic carbocycles. The molecule has 1 saturated heterocycles. The predicted molar refractivity (Wildman–Crippen MR) is 108 cm³/mol. The van der Waals surface area contributed by atoms with Gasteiger partial charge in [0, 0.05) is 55.1 Å². The quantitative estimate of drug-likeness (QED) is 0.672. The summed E-state index contributed by atoms with van der Waals surface area (Å²) < 4.78 is 25.2. The molecule has 3 aromatic rings. The van der Waals surface area contributed by atoms with Crippen molar-refractivity contribution in [2.45, 2.75) is 19.9 Å². The van der Waals surface area contributed by atoms with Gasteiger partial charge in [-0.15, -0.1) is 0 Å². The second-order valence-corrected chi connectivity index (χ2v) is 9.32. The molecule has 0 radical (unpaired) electrons. The zero-order valence-corrected chi connectivity index (χ0v) is 16.5. The van der Waals surface area contributed by atoms with Crippen molar-refractivity contribution in [2.24, 2.45) is 0 Å². The average Bonchev–Trinajstić information content (AvgIpc) is 3.05. The van der Waals surface area contributed by atoms with Gasteiger partial charge in [-0.3, -0.25) is 9.78 Å². The van der Waals surface area contributed by atoms with Gasteiger partial charge < -0.3 is 9.47 Å². The molecule has 0 spiro atoms. The number of pyridine rings is 2. The molecule has 0 N–H and O–H groups in total. The van der Waals surface area contributed by atoms with E-state index >= 15 is 0 Å². The maximum Gasteiger partial charge on any atom is 0.224 e. The molecular weight excluding hydrogens is 376 g/mol. The van der Waals surface area contributed by atoms with Gasteiger partial charge >= 0.3 is 0 Å². The Labute approximate surface area is 163 Å². The molecule has 1 aliphatic rings. The van der Waals surface area contributed by atoms with Crippen LogP contribution in [0.1, 0.15) is 12.1 Å². The van der Waals surface area contributed by atoms with Gasteiger partial charge in [0.25, 0.3) is 0 Å². The fourth-order valence-electron chi connectivity index (χ4n) is 3.62. The number of hydrogen-bond acceptors (Lipinski definition) is 5. The molecule has 8 heteroatoms. The Bertz CT molecular complexity index is 1120. The van der Waals surface area contributed by atoms with E-state index in [0.29, 0.717) is 13.0 Å². The first-order chi connectivity index (χ1) is 13.4. The number of aryl methyl sites for hydroxylation is 2. The molecule has 1 amide bonds. The van der Waals surface area contributed by atoms with E-state index in [1.807, 2.05) is 31.2 Å². The Balaban J connectivity index is 1.61. The van der Waals surface area contributed by atoms with Gasteiger partial charge in [-0.25, -0.2) is 13.4 Å². The van der Waals surface area contributed by atoms with E-state index in [2.05, 4.69) is 20.6 Å². The highest BCUT2D eigenvalue weighted by atomic mass is 32.2. The highest BCUT2D eigenvalue weighted by Gasteiger charge is 2.25. The van der Waals surface area contributed by atoms with Crippen LogP contribution < -0.4 is 0 Å². The number of hydrogen-bond donors (Lipinski definition) is 0. The van der Waals surface area contributed by atoms with Crippen LogP contribution in [0.15, 0.2) is 42.7 Å². The van der Waals surface area contributed by atoms with Crippen LogP contribution >= 0.6 is 0 Å². The van der Waals surface area contributed by atoms with Crippen molar-refractivity contribution < 1.29 is 13.2 Å². The van der Waals surface area contributed by atoms with Crippen molar-refractivity contribution in [3.63, 3.8) is 0 Å². The average molecular weight is 398 g/mol. The van der Waals surface area contributed by atoms with Crippen LogP contribution in [0.4, 0.5) is 0 Å². The maximum absolute atomic E-state index is 12.6. The Morgan fingerprint density at radius 1 is 1.11 bits per heavy atom. The van der Waals surface area contributed by atoms with Gasteiger partial charge in [-0.2, -0.15) is 0 Å². The summed E-state index contributed by atoms with van der Waals surface area (Å²) in [5.74, 6) is 0.0706. The second-order valence-electron chi connectivity index (χ2n) is 7.02. The van der Waals surface area contributed by atoms with Crippen molar-refractivity contribution in [1.29, 1.82) is 0 Å². The summed E-state index contributed by atoms with van der Waals surface area (Å²) in [5, 5.41) is 1.01. The molecule has 0 atom stereocenters. The SMILES string of the molecule is Cc1ncccc1-c1cc2cccnc2n1CCC(=O)N1CCS(=O)(=O)CC1. The van der Waals surface area contributed by atoms with Gasteiger partial charge in [0.1, 0.15) is 5.65 Å². The molecule has 1 aliphatic heterocycles. The van der Waals surface area contributed by atoms with Crippen LogP contribution in [0.25, 0.3) is 22.3 Å². The fraction of sp³-hybridized carbons (Fsp3) is 0.350. The molecule has 146 valence electrons. The smallest absolute Gasteiger partial charge is 0.224 e. The molecule has 4 heterocycles. The maximum atomic E-state index is 12.6. The Hall–Kier alpha value is -2.74. The van der Waals surface area contributed by atoms with E-state index in [4.69, 9.17) is 0 Å². The van der Waals surface area contributed by atoms with Crippen molar-refractivity contribution in [2.75, 3.05) is 24.6 Å². The van der Waals surface area contributed by atoms with E-state index in [1.165, 1.54) is 0 Å². The topological polar surface area (TPSA) is 85.2 Å². The van der Waals surface area contributed by atoms with E-state index in [9.17, 15) is 13.2 Å². The Kier molecular flexibility index (Phi) is 4.89. The molecule has 1 fully saturated rings. The molecule has 28 heavy (non-hydrogen) atoms. The summed E-state index contributed by atoms with van der Waals surface area (Å²) in [6.45, 7) is 3.00. The van der Waals surface area contributed by atoms with Crippen molar-refractivity contribution in [1.82, 2.24) is 19.4 Å². The first-order valence-corrected chi connectivity index (χ1v) is 11.1. The molecule has 0 saturated carbocycles. The minimum absolute atomic E-state index is 0.0264. The Morgan fingerprint density at radius 2 is 1.82 bits per heavy atom.